The molecule has 0 spiro atoms. The van der Waals surface area contributed by atoms with Crippen LogP contribution in [0.4, 0.5) is 4.39 Å². The predicted molar refractivity (Wildman–Crippen MR) is 135 cm³/mol. The highest BCUT2D eigenvalue weighted by Gasteiger charge is 2.32. The van der Waals surface area contributed by atoms with Crippen molar-refractivity contribution in [3.8, 4) is 0 Å². The van der Waals surface area contributed by atoms with Crippen molar-refractivity contribution < 1.29 is 9.18 Å². The number of fused-ring (bicyclic) bond motifs is 2. The zero-order valence-electron chi connectivity index (χ0n) is 21.0. The van der Waals surface area contributed by atoms with E-state index in [1.54, 1.807) is 21.6 Å². The number of carbonyl (C=O) groups excluding carboxylic acids is 1. The van der Waals surface area contributed by atoms with Crippen molar-refractivity contribution in [3.05, 3.63) is 65.7 Å². The lowest BCUT2D eigenvalue weighted by Gasteiger charge is -2.41. The summed E-state index contributed by atoms with van der Waals surface area (Å²) in [4.78, 5) is 24.1. The Hall–Kier alpha value is -2.93. The highest BCUT2D eigenvalue weighted by atomic mass is 19.1. The van der Waals surface area contributed by atoms with Crippen LogP contribution in [0.1, 0.15) is 51.8 Å². The van der Waals surface area contributed by atoms with Crippen LogP contribution in [0.2, 0.25) is 0 Å². The van der Waals surface area contributed by atoms with Gasteiger partial charge in [0.2, 0.25) is 0 Å². The van der Waals surface area contributed by atoms with Crippen molar-refractivity contribution in [1.82, 2.24) is 24.1 Å². The van der Waals surface area contributed by atoms with Gasteiger partial charge in [0.1, 0.15) is 0 Å². The smallest absolute Gasteiger partial charge is 0.251 e. The van der Waals surface area contributed by atoms with Crippen LogP contribution < -0.4 is 0 Å². The summed E-state index contributed by atoms with van der Waals surface area (Å²) < 4.78 is 16.2. The molecule has 7 heteroatoms. The monoisotopic (exact) mass is 465 g/mol. The van der Waals surface area contributed by atoms with Crippen molar-refractivity contribution >= 4 is 17.1 Å². The highest BCUT2D eigenvalue weighted by Crippen LogP contribution is 2.26. The van der Waals surface area contributed by atoms with Crippen molar-refractivity contribution in [3.63, 3.8) is 0 Å². The van der Waals surface area contributed by atoms with Gasteiger partial charge in [0, 0.05) is 50.3 Å². The number of piperazine rings is 1. The first-order valence-corrected chi connectivity index (χ1v) is 12.4. The van der Waals surface area contributed by atoms with Crippen LogP contribution in [0, 0.1) is 12.7 Å². The van der Waals surface area contributed by atoms with E-state index >= 15 is 0 Å². The number of pyridine rings is 1. The SMILES string of the molecule is C/C(=C\C(=O)N1C=C(N2CCN3CCC[C@@H]3C2)C=CC1C)c1cc(F)c2nc(C)cn2c1.CC. The minimum absolute atomic E-state index is 0.0291. The second-order valence-electron chi connectivity index (χ2n) is 9.19. The lowest BCUT2D eigenvalue weighted by molar-refractivity contribution is -0.124. The average Bonchev–Trinajstić information content (AvgIpc) is 3.46. The number of nitrogens with zero attached hydrogens (tertiary/aromatic N) is 5. The molecule has 0 bridgehead atoms. The highest BCUT2D eigenvalue weighted by molar-refractivity contribution is 5.96. The molecule has 0 saturated carbocycles. The summed E-state index contributed by atoms with van der Waals surface area (Å²) in [5, 5.41) is 0. The molecule has 5 rings (SSSR count). The first-order chi connectivity index (χ1) is 16.4. The molecule has 2 aromatic heterocycles. The maximum absolute atomic E-state index is 14.5. The van der Waals surface area contributed by atoms with Gasteiger partial charge in [-0.15, -0.1) is 0 Å². The number of halogens is 1. The van der Waals surface area contributed by atoms with E-state index in [0.717, 1.165) is 36.6 Å². The molecule has 3 aliphatic rings. The molecule has 6 nitrogen and oxygen atoms in total. The minimum atomic E-state index is -0.390. The standard InChI is InChI=1S/C25H30FN5O.C2H6/c1-17(20-12-23(26)25-27-18(2)13-30(25)14-20)11-24(32)31-16-22(7-6-19(31)3)29-10-9-28-8-4-5-21(28)15-29;1-2/h6-7,11-14,16,19,21H,4-5,8-10,15H2,1-3H3;1-2H3/b17-11+;/t19?,21-;/m1./s1. The number of carbonyl (C=O) groups is 1. The van der Waals surface area contributed by atoms with Crippen molar-refractivity contribution in [2.45, 2.75) is 59.5 Å². The maximum Gasteiger partial charge on any atom is 0.251 e. The first-order valence-electron chi connectivity index (χ1n) is 12.4. The number of imidazole rings is 1. The summed E-state index contributed by atoms with van der Waals surface area (Å²) in [5.41, 5.74) is 3.54. The number of rotatable bonds is 3. The molecule has 5 heterocycles. The molecular weight excluding hydrogens is 429 g/mol. The van der Waals surface area contributed by atoms with Gasteiger partial charge in [-0.25, -0.2) is 9.37 Å². The van der Waals surface area contributed by atoms with E-state index in [-0.39, 0.29) is 11.9 Å². The lowest BCUT2D eigenvalue weighted by atomic mass is 10.1. The summed E-state index contributed by atoms with van der Waals surface area (Å²) in [5.74, 6) is -0.489. The van der Waals surface area contributed by atoms with Crippen molar-refractivity contribution in [2.24, 2.45) is 0 Å². The zero-order chi connectivity index (χ0) is 24.4. The minimum Gasteiger partial charge on any atom is -0.368 e. The van der Waals surface area contributed by atoms with Crippen molar-refractivity contribution in [1.29, 1.82) is 0 Å². The van der Waals surface area contributed by atoms with Gasteiger partial charge in [-0.3, -0.25) is 9.69 Å². The third kappa shape index (κ3) is 4.80. The normalized spacial score (nSPS) is 23.0. The Labute approximate surface area is 202 Å². The van der Waals surface area contributed by atoms with Crippen LogP contribution in [-0.2, 0) is 4.79 Å². The number of amides is 1. The van der Waals surface area contributed by atoms with E-state index in [9.17, 15) is 9.18 Å². The molecule has 34 heavy (non-hydrogen) atoms. The maximum atomic E-state index is 14.5. The Bertz CT molecular complexity index is 1150. The van der Waals surface area contributed by atoms with Gasteiger partial charge >= 0.3 is 0 Å². The summed E-state index contributed by atoms with van der Waals surface area (Å²) in [6.07, 6.45) is 13.9. The Morgan fingerprint density at radius 3 is 2.79 bits per heavy atom. The van der Waals surface area contributed by atoms with E-state index < -0.39 is 5.82 Å². The van der Waals surface area contributed by atoms with Gasteiger partial charge in [0.15, 0.2) is 11.5 Å². The van der Waals surface area contributed by atoms with Gasteiger partial charge in [-0.05, 0) is 63.4 Å². The molecule has 2 aromatic rings. The van der Waals surface area contributed by atoms with E-state index in [4.69, 9.17) is 0 Å². The molecule has 1 unspecified atom stereocenters. The summed E-state index contributed by atoms with van der Waals surface area (Å²) in [6, 6.07) is 2.04. The molecule has 0 aliphatic carbocycles. The third-order valence-electron chi connectivity index (χ3n) is 6.88. The number of hydrogen-bond donors (Lipinski definition) is 0. The molecule has 1 amide bonds. The predicted octanol–water partition coefficient (Wildman–Crippen LogP) is 4.62. The molecule has 2 atom stereocenters. The largest absolute Gasteiger partial charge is 0.368 e. The van der Waals surface area contributed by atoms with Crippen LogP contribution >= 0.6 is 0 Å². The lowest BCUT2D eigenvalue weighted by Crippen LogP contribution is -2.50. The fourth-order valence-corrected chi connectivity index (χ4v) is 5.05. The zero-order valence-corrected chi connectivity index (χ0v) is 21.0. The molecule has 0 N–H and O–H groups in total. The number of aromatic nitrogens is 2. The van der Waals surface area contributed by atoms with Crippen LogP contribution in [0.5, 0.6) is 0 Å². The fraction of sp³-hybridized carbons (Fsp3) is 0.481. The van der Waals surface area contributed by atoms with Gasteiger partial charge < -0.3 is 14.2 Å². The Morgan fingerprint density at radius 2 is 2.00 bits per heavy atom. The molecule has 2 saturated heterocycles. The Balaban J connectivity index is 0.00000133. The quantitative estimate of drug-likeness (QED) is 0.621. The summed E-state index contributed by atoms with van der Waals surface area (Å²) in [6.45, 7) is 14.0. The van der Waals surface area contributed by atoms with Crippen LogP contribution in [0.25, 0.3) is 11.2 Å². The van der Waals surface area contributed by atoms with E-state index in [0.29, 0.717) is 17.3 Å². The Kier molecular flexibility index (Phi) is 7.22. The van der Waals surface area contributed by atoms with Crippen LogP contribution in [0.15, 0.2) is 48.6 Å². The van der Waals surface area contributed by atoms with Crippen molar-refractivity contribution in [2.75, 3.05) is 26.2 Å². The molecule has 2 fully saturated rings. The van der Waals surface area contributed by atoms with Crippen LogP contribution in [-0.4, -0.2) is 68.3 Å². The number of allylic oxidation sites excluding steroid dienone is 2. The first kappa shape index (κ1) is 24.2. The second-order valence-corrected chi connectivity index (χ2v) is 9.19. The number of hydrogen-bond acceptors (Lipinski definition) is 4. The second kappa shape index (κ2) is 10.1. The van der Waals surface area contributed by atoms with Crippen LogP contribution in [0.3, 0.4) is 0 Å². The molecule has 182 valence electrons. The summed E-state index contributed by atoms with van der Waals surface area (Å²) in [7, 11) is 0. The molecular formula is C27H36FN5O. The van der Waals surface area contributed by atoms with Gasteiger partial charge in [0.25, 0.3) is 5.91 Å². The molecule has 0 aromatic carbocycles. The third-order valence-corrected chi connectivity index (χ3v) is 6.88. The number of aryl methyl sites for hydroxylation is 1. The van der Waals surface area contributed by atoms with Gasteiger partial charge in [0.05, 0.1) is 17.4 Å². The Morgan fingerprint density at radius 1 is 1.21 bits per heavy atom. The van der Waals surface area contributed by atoms with E-state index in [1.807, 2.05) is 47.0 Å². The van der Waals surface area contributed by atoms with E-state index in [1.165, 1.54) is 25.5 Å². The molecule has 3 aliphatic heterocycles. The van der Waals surface area contributed by atoms with Gasteiger partial charge in [-0.2, -0.15) is 0 Å². The average molecular weight is 466 g/mol. The van der Waals surface area contributed by atoms with Gasteiger partial charge in [-0.1, -0.05) is 19.9 Å². The fourth-order valence-electron chi connectivity index (χ4n) is 5.05. The molecule has 0 radical (unpaired) electrons. The summed E-state index contributed by atoms with van der Waals surface area (Å²) >= 11 is 0. The topological polar surface area (TPSA) is 44.1 Å². The van der Waals surface area contributed by atoms with E-state index in [2.05, 4.69) is 26.9 Å².